The average molecular weight is 448 g/mol. The third-order valence-corrected chi connectivity index (χ3v) is 5.05. The number of nitrogens with zero attached hydrogens (tertiary/aromatic N) is 4. The predicted octanol–water partition coefficient (Wildman–Crippen LogP) is 4.30. The lowest BCUT2D eigenvalue weighted by Crippen LogP contribution is -2.09. The van der Waals surface area contributed by atoms with Crippen molar-refractivity contribution in [2.45, 2.75) is 27.4 Å². The first-order valence-corrected chi connectivity index (χ1v) is 10.4. The Bertz CT molecular complexity index is 1240. The molecule has 4 rings (SSSR count). The Morgan fingerprint density at radius 1 is 1.03 bits per heavy atom. The van der Waals surface area contributed by atoms with Crippen LogP contribution in [0.5, 0.6) is 11.5 Å². The molecule has 4 aromatic rings. The van der Waals surface area contributed by atoms with Crippen molar-refractivity contribution in [2.75, 3.05) is 13.7 Å². The molecule has 0 aliphatic rings. The van der Waals surface area contributed by atoms with Crippen molar-refractivity contribution in [1.29, 1.82) is 0 Å². The molecule has 0 saturated heterocycles. The van der Waals surface area contributed by atoms with Crippen LogP contribution >= 0.6 is 0 Å². The Hall–Kier alpha value is -4.14. The molecule has 33 heavy (non-hydrogen) atoms. The molecule has 0 spiro atoms. The van der Waals surface area contributed by atoms with E-state index in [0.717, 1.165) is 22.7 Å². The van der Waals surface area contributed by atoms with Gasteiger partial charge in [0, 0.05) is 5.56 Å². The zero-order valence-corrected chi connectivity index (χ0v) is 18.9. The van der Waals surface area contributed by atoms with Crippen LogP contribution in [0.3, 0.4) is 0 Å². The largest absolute Gasteiger partial charge is 0.497 e. The molecular formula is C24H24N4O5. The molecule has 9 nitrogen and oxygen atoms in total. The van der Waals surface area contributed by atoms with Gasteiger partial charge in [-0.05, 0) is 69.3 Å². The highest BCUT2D eigenvalue weighted by Gasteiger charge is 2.20. The lowest BCUT2D eigenvalue weighted by molar-refractivity contribution is 0.0459. The van der Waals surface area contributed by atoms with Gasteiger partial charge in [-0.2, -0.15) is 0 Å². The predicted molar refractivity (Wildman–Crippen MR) is 120 cm³/mol. The van der Waals surface area contributed by atoms with Gasteiger partial charge in [0.25, 0.3) is 0 Å². The van der Waals surface area contributed by atoms with Crippen LogP contribution in [0.2, 0.25) is 0 Å². The van der Waals surface area contributed by atoms with Gasteiger partial charge < -0.3 is 18.6 Å². The molecule has 0 aliphatic heterocycles. The number of benzene rings is 2. The van der Waals surface area contributed by atoms with Crippen molar-refractivity contribution < 1.29 is 23.4 Å². The normalized spacial score (nSPS) is 10.8. The van der Waals surface area contributed by atoms with Crippen molar-refractivity contribution >= 4 is 5.97 Å². The highest BCUT2D eigenvalue weighted by Crippen LogP contribution is 2.25. The number of hydrogen-bond donors (Lipinski definition) is 0. The fourth-order valence-electron chi connectivity index (χ4n) is 3.23. The molecule has 0 unspecified atom stereocenters. The Labute approximate surface area is 190 Å². The number of ether oxygens (including phenoxy) is 3. The fraction of sp³-hybridized carbons (Fsp3) is 0.250. The Morgan fingerprint density at radius 3 is 2.39 bits per heavy atom. The number of methoxy groups -OCH3 is 1. The number of aryl methyl sites for hydroxylation is 1. The molecule has 2 heterocycles. The summed E-state index contributed by atoms with van der Waals surface area (Å²) in [7, 11) is 1.60. The van der Waals surface area contributed by atoms with Crippen LogP contribution in [-0.4, -0.2) is 39.7 Å². The van der Waals surface area contributed by atoms with Gasteiger partial charge in [0.1, 0.15) is 29.6 Å². The molecular weight excluding hydrogens is 424 g/mol. The summed E-state index contributed by atoms with van der Waals surface area (Å²) in [6.45, 7) is 6.02. The molecule has 0 N–H and O–H groups in total. The van der Waals surface area contributed by atoms with Gasteiger partial charge in [0.05, 0.1) is 25.1 Å². The lowest BCUT2D eigenvalue weighted by Gasteiger charge is -2.05. The summed E-state index contributed by atoms with van der Waals surface area (Å²) in [5, 5.41) is 8.08. The smallest absolute Gasteiger partial charge is 0.361 e. The van der Waals surface area contributed by atoms with E-state index in [1.807, 2.05) is 55.5 Å². The summed E-state index contributed by atoms with van der Waals surface area (Å²) in [6.07, 6.45) is 0. The third-order valence-electron chi connectivity index (χ3n) is 5.05. The standard InChI is InChI=1S/C24H24N4O5/c1-5-31-20-10-6-17(7-11-20)23-25-21(16(3)33-23)14-32-24(29)22-15(2)28(27-26-22)18-8-12-19(30-4)13-9-18/h6-13H,5,14H2,1-4H3. The zero-order chi connectivity index (χ0) is 23.4. The van der Waals surface area contributed by atoms with Gasteiger partial charge in [0.15, 0.2) is 5.69 Å². The molecule has 9 heteroatoms. The number of rotatable bonds is 8. The molecule has 0 amide bonds. The molecule has 0 aliphatic carbocycles. The van der Waals surface area contributed by atoms with E-state index in [1.54, 1.807) is 25.6 Å². The monoisotopic (exact) mass is 448 g/mol. The van der Waals surface area contributed by atoms with Crippen molar-refractivity contribution in [3.8, 4) is 28.6 Å². The molecule has 0 atom stereocenters. The minimum Gasteiger partial charge on any atom is -0.497 e. The first-order chi connectivity index (χ1) is 16.0. The Kier molecular flexibility index (Phi) is 6.39. The summed E-state index contributed by atoms with van der Waals surface area (Å²) in [5.74, 6) is 1.94. The minimum absolute atomic E-state index is 0.0416. The molecule has 2 aromatic heterocycles. The number of hydrogen-bond acceptors (Lipinski definition) is 8. The first kappa shape index (κ1) is 22.1. The second-order valence-corrected chi connectivity index (χ2v) is 7.19. The van der Waals surface area contributed by atoms with Crippen LogP contribution in [0.25, 0.3) is 17.1 Å². The van der Waals surface area contributed by atoms with Gasteiger partial charge in [-0.3, -0.25) is 0 Å². The molecule has 2 aromatic carbocycles. The van der Waals surface area contributed by atoms with E-state index in [2.05, 4.69) is 15.3 Å². The van der Waals surface area contributed by atoms with Crippen LogP contribution < -0.4 is 9.47 Å². The fourth-order valence-corrected chi connectivity index (χ4v) is 3.23. The second kappa shape index (κ2) is 9.56. The van der Waals surface area contributed by atoms with Crippen LogP contribution in [0, 0.1) is 13.8 Å². The highest BCUT2D eigenvalue weighted by molar-refractivity contribution is 5.88. The van der Waals surface area contributed by atoms with Crippen molar-refractivity contribution in [2.24, 2.45) is 0 Å². The minimum atomic E-state index is -0.586. The van der Waals surface area contributed by atoms with Gasteiger partial charge in [-0.15, -0.1) is 5.10 Å². The van der Waals surface area contributed by atoms with E-state index >= 15 is 0 Å². The maximum absolute atomic E-state index is 12.6. The summed E-state index contributed by atoms with van der Waals surface area (Å²) >= 11 is 0. The Balaban J connectivity index is 1.44. The van der Waals surface area contributed by atoms with Gasteiger partial charge in [-0.1, -0.05) is 5.21 Å². The van der Waals surface area contributed by atoms with Crippen LogP contribution in [0.15, 0.2) is 52.9 Å². The SMILES string of the molecule is CCOc1ccc(-c2nc(COC(=O)c3nnn(-c4ccc(OC)cc4)c3C)c(C)o2)cc1. The van der Waals surface area contributed by atoms with E-state index in [1.165, 1.54) is 0 Å². The number of aromatic nitrogens is 4. The van der Waals surface area contributed by atoms with E-state index in [9.17, 15) is 4.79 Å². The second-order valence-electron chi connectivity index (χ2n) is 7.19. The van der Waals surface area contributed by atoms with Crippen LogP contribution in [-0.2, 0) is 11.3 Å². The summed E-state index contributed by atoms with van der Waals surface area (Å²) < 4.78 is 23.4. The van der Waals surface area contributed by atoms with E-state index in [4.69, 9.17) is 18.6 Å². The summed E-state index contributed by atoms with van der Waals surface area (Å²) in [5.41, 5.74) is 2.80. The highest BCUT2D eigenvalue weighted by atomic mass is 16.5. The number of carbonyl (C=O) groups is 1. The maximum atomic E-state index is 12.6. The summed E-state index contributed by atoms with van der Waals surface area (Å²) in [6, 6.07) is 14.7. The topological polar surface area (TPSA) is 102 Å². The zero-order valence-electron chi connectivity index (χ0n) is 18.9. The number of esters is 1. The Morgan fingerprint density at radius 2 is 1.73 bits per heavy atom. The van der Waals surface area contributed by atoms with Gasteiger partial charge >= 0.3 is 5.97 Å². The van der Waals surface area contributed by atoms with E-state index in [-0.39, 0.29) is 12.3 Å². The maximum Gasteiger partial charge on any atom is 0.361 e. The molecule has 170 valence electrons. The lowest BCUT2D eigenvalue weighted by atomic mass is 10.2. The molecule has 0 fully saturated rings. The quantitative estimate of drug-likeness (QED) is 0.368. The van der Waals surface area contributed by atoms with Crippen molar-refractivity contribution in [3.05, 3.63) is 71.4 Å². The van der Waals surface area contributed by atoms with Crippen LogP contribution in [0.1, 0.15) is 34.6 Å². The van der Waals surface area contributed by atoms with Gasteiger partial charge in [0.2, 0.25) is 5.89 Å². The van der Waals surface area contributed by atoms with Crippen molar-refractivity contribution in [3.63, 3.8) is 0 Å². The first-order valence-electron chi connectivity index (χ1n) is 10.4. The molecule has 0 radical (unpaired) electrons. The van der Waals surface area contributed by atoms with Crippen LogP contribution in [0.4, 0.5) is 0 Å². The molecule has 0 bridgehead atoms. The van der Waals surface area contributed by atoms with Gasteiger partial charge in [-0.25, -0.2) is 14.5 Å². The van der Waals surface area contributed by atoms with E-state index in [0.29, 0.717) is 29.6 Å². The van der Waals surface area contributed by atoms with Crippen molar-refractivity contribution in [1.82, 2.24) is 20.0 Å². The number of oxazole rings is 1. The molecule has 0 saturated carbocycles. The summed E-state index contributed by atoms with van der Waals surface area (Å²) in [4.78, 5) is 17.1. The van der Waals surface area contributed by atoms with E-state index < -0.39 is 5.97 Å². The third kappa shape index (κ3) is 4.72. The number of carbonyl (C=O) groups excluding carboxylic acids is 1. The average Bonchev–Trinajstić information content (AvgIpc) is 3.40.